The first kappa shape index (κ1) is 15.8. The van der Waals surface area contributed by atoms with Crippen LogP contribution in [0.15, 0.2) is 12.1 Å². The number of amides is 1. The van der Waals surface area contributed by atoms with Crippen LogP contribution in [0, 0.1) is 0 Å². The van der Waals surface area contributed by atoms with Gasteiger partial charge >= 0.3 is 0 Å². The van der Waals surface area contributed by atoms with Crippen molar-refractivity contribution >= 4 is 52.2 Å². The van der Waals surface area contributed by atoms with Crippen LogP contribution in [-0.2, 0) is 4.79 Å². The van der Waals surface area contributed by atoms with Crippen LogP contribution in [-0.4, -0.2) is 41.9 Å². The molecule has 1 heterocycles. The largest absolute Gasteiger partial charge is 0.399 e. The molecule has 0 radical (unpaired) electrons. The Morgan fingerprint density at radius 2 is 2.00 bits per heavy atom. The van der Waals surface area contributed by atoms with E-state index < -0.39 is 0 Å². The average Bonchev–Trinajstić information content (AvgIpc) is 2.62. The normalized spacial score (nSPS) is 16.7. The number of nitrogens with one attached hydrogen (secondary N) is 1. The maximum Gasteiger partial charge on any atom is 0.238 e. The van der Waals surface area contributed by atoms with Crippen molar-refractivity contribution in [2.45, 2.75) is 6.42 Å². The van der Waals surface area contributed by atoms with Gasteiger partial charge in [0.25, 0.3) is 0 Å². The lowest BCUT2D eigenvalue weighted by atomic mass is 10.2. The molecule has 0 aromatic heterocycles. The van der Waals surface area contributed by atoms with Gasteiger partial charge in [0.1, 0.15) is 0 Å². The van der Waals surface area contributed by atoms with Crippen LogP contribution in [0.3, 0.4) is 0 Å². The maximum atomic E-state index is 12.1. The van der Waals surface area contributed by atoms with Gasteiger partial charge in [-0.05, 0) is 30.9 Å². The highest BCUT2D eigenvalue weighted by Gasteiger charge is 2.15. The Morgan fingerprint density at radius 3 is 2.70 bits per heavy atom. The first-order valence-electron chi connectivity index (χ1n) is 6.41. The maximum absolute atomic E-state index is 12.1. The molecule has 0 atom stereocenters. The summed E-state index contributed by atoms with van der Waals surface area (Å²) in [5, 5.41) is 3.48. The van der Waals surface area contributed by atoms with Gasteiger partial charge < -0.3 is 11.1 Å². The summed E-state index contributed by atoms with van der Waals surface area (Å²) in [6.07, 6.45) is 1.11. The monoisotopic (exact) mass is 333 g/mol. The van der Waals surface area contributed by atoms with Crippen LogP contribution in [0.25, 0.3) is 0 Å². The van der Waals surface area contributed by atoms with Gasteiger partial charge in [-0.1, -0.05) is 23.2 Å². The fourth-order valence-electron chi connectivity index (χ4n) is 2.05. The molecule has 0 spiro atoms. The van der Waals surface area contributed by atoms with Crippen molar-refractivity contribution in [1.82, 2.24) is 4.90 Å². The highest BCUT2D eigenvalue weighted by molar-refractivity contribution is 7.99. The molecule has 1 saturated heterocycles. The molecule has 1 aromatic carbocycles. The minimum absolute atomic E-state index is 0.106. The van der Waals surface area contributed by atoms with Crippen molar-refractivity contribution in [3.05, 3.63) is 22.2 Å². The molecule has 0 unspecified atom stereocenters. The fourth-order valence-corrected chi connectivity index (χ4v) is 3.57. The van der Waals surface area contributed by atoms with Crippen LogP contribution in [0.1, 0.15) is 6.42 Å². The number of halogens is 2. The molecule has 2 rings (SSSR count). The summed E-state index contributed by atoms with van der Waals surface area (Å²) in [5.41, 5.74) is 6.54. The number of nitrogen functional groups attached to an aromatic ring is 1. The number of nitrogens with zero attached hydrogens (tertiary/aromatic N) is 1. The Bertz CT molecular complexity index is 467. The van der Waals surface area contributed by atoms with Gasteiger partial charge in [-0.25, -0.2) is 0 Å². The van der Waals surface area contributed by atoms with E-state index in [1.54, 1.807) is 12.1 Å². The predicted octanol–water partition coefficient (Wildman–Crippen LogP) is 2.95. The van der Waals surface area contributed by atoms with Gasteiger partial charge in [0.05, 0.1) is 22.3 Å². The Labute approximate surface area is 133 Å². The third kappa shape index (κ3) is 4.45. The first-order valence-corrected chi connectivity index (χ1v) is 8.32. The van der Waals surface area contributed by atoms with Crippen molar-refractivity contribution in [2.24, 2.45) is 0 Å². The molecule has 110 valence electrons. The van der Waals surface area contributed by atoms with Crippen LogP contribution < -0.4 is 11.1 Å². The summed E-state index contributed by atoms with van der Waals surface area (Å²) in [6, 6.07) is 3.15. The van der Waals surface area contributed by atoms with Gasteiger partial charge in [0.2, 0.25) is 5.91 Å². The summed E-state index contributed by atoms with van der Waals surface area (Å²) in [5.74, 6) is 2.12. The second kappa shape index (κ2) is 7.41. The smallest absolute Gasteiger partial charge is 0.238 e. The van der Waals surface area contributed by atoms with Crippen molar-refractivity contribution in [3.63, 3.8) is 0 Å². The van der Waals surface area contributed by atoms with Gasteiger partial charge in [-0.15, -0.1) is 0 Å². The number of anilines is 2. The third-order valence-electron chi connectivity index (χ3n) is 3.01. The molecule has 1 aliphatic heterocycles. The van der Waals surface area contributed by atoms with Crippen molar-refractivity contribution in [2.75, 3.05) is 42.2 Å². The van der Waals surface area contributed by atoms with E-state index in [-0.39, 0.29) is 5.91 Å². The van der Waals surface area contributed by atoms with Gasteiger partial charge in [-0.2, -0.15) is 11.8 Å². The molecule has 0 aliphatic carbocycles. The lowest BCUT2D eigenvalue weighted by Crippen LogP contribution is -2.34. The van der Waals surface area contributed by atoms with E-state index in [0.717, 1.165) is 31.0 Å². The van der Waals surface area contributed by atoms with Gasteiger partial charge in [0, 0.05) is 18.0 Å². The number of rotatable bonds is 3. The molecule has 1 aliphatic rings. The topological polar surface area (TPSA) is 58.4 Å². The quantitative estimate of drug-likeness (QED) is 0.835. The standard InChI is InChI=1S/C13H17Cl2N3OS/c14-10-6-9(16)7-11(15)13(10)17-12(19)8-18-2-1-4-20-5-3-18/h6-7H,1-5,8,16H2,(H,17,19). The van der Waals surface area contributed by atoms with Crippen LogP contribution in [0.4, 0.5) is 11.4 Å². The number of nitrogens with two attached hydrogens (primary N) is 1. The van der Waals surface area contributed by atoms with Gasteiger partial charge in [0.15, 0.2) is 0 Å². The zero-order chi connectivity index (χ0) is 14.5. The predicted molar refractivity (Wildman–Crippen MR) is 87.9 cm³/mol. The molecule has 3 N–H and O–H groups in total. The Hall–Kier alpha value is -0.620. The summed E-state index contributed by atoms with van der Waals surface area (Å²) >= 11 is 14.0. The molecular weight excluding hydrogens is 317 g/mol. The minimum Gasteiger partial charge on any atom is -0.399 e. The molecule has 4 nitrogen and oxygen atoms in total. The number of thioether (sulfide) groups is 1. The van der Waals surface area contributed by atoms with Crippen LogP contribution in [0.2, 0.25) is 10.0 Å². The van der Waals surface area contributed by atoms with E-state index in [2.05, 4.69) is 10.2 Å². The summed E-state index contributed by atoms with van der Waals surface area (Å²) in [7, 11) is 0. The summed E-state index contributed by atoms with van der Waals surface area (Å²) < 4.78 is 0. The number of carbonyl (C=O) groups is 1. The van der Waals surface area contributed by atoms with E-state index >= 15 is 0 Å². The second-order valence-electron chi connectivity index (χ2n) is 4.65. The zero-order valence-corrected chi connectivity index (χ0v) is 13.3. The van der Waals surface area contributed by atoms with E-state index in [0.29, 0.717) is 28.0 Å². The number of hydrogen-bond acceptors (Lipinski definition) is 4. The van der Waals surface area contributed by atoms with Crippen LogP contribution >= 0.6 is 35.0 Å². The summed E-state index contributed by atoms with van der Waals surface area (Å²) in [6.45, 7) is 2.24. The third-order valence-corrected chi connectivity index (χ3v) is 4.66. The molecule has 1 fully saturated rings. The molecule has 0 saturated carbocycles. The van der Waals surface area contributed by atoms with E-state index in [4.69, 9.17) is 28.9 Å². The highest BCUT2D eigenvalue weighted by Crippen LogP contribution is 2.32. The number of carbonyl (C=O) groups excluding carboxylic acids is 1. The van der Waals surface area contributed by atoms with Crippen molar-refractivity contribution < 1.29 is 4.79 Å². The highest BCUT2D eigenvalue weighted by atomic mass is 35.5. The van der Waals surface area contributed by atoms with Crippen LogP contribution in [0.5, 0.6) is 0 Å². The van der Waals surface area contributed by atoms with E-state index in [1.807, 2.05) is 11.8 Å². The molecule has 7 heteroatoms. The van der Waals surface area contributed by atoms with Crippen molar-refractivity contribution in [3.8, 4) is 0 Å². The molecular formula is C13H17Cl2N3OS. The van der Waals surface area contributed by atoms with E-state index in [1.165, 1.54) is 0 Å². The Kier molecular flexibility index (Phi) is 5.84. The van der Waals surface area contributed by atoms with Crippen molar-refractivity contribution in [1.29, 1.82) is 0 Å². The molecule has 1 aromatic rings. The number of hydrogen-bond donors (Lipinski definition) is 2. The first-order chi connectivity index (χ1) is 9.56. The Morgan fingerprint density at radius 1 is 1.30 bits per heavy atom. The lowest BCUT2D eigenvalue weighted by Gasteiger charge is -2.19. The fraction of sp³-hybridized carbons (Fsp3) is 0.462. The second-order valence-corrected chi connectivity index (χ2v) is 6.69. The van der Waals surface area contributed by atoms with Gasteiger partial charge in [-0.3, -0.25) is 9.69 Å². The Balaban J connectivity index is 1.97. The van der Waals surface area contributed by atoms with E-state index in [9.17, 15) is 4.79 Å². The zero-order valence-electron chi connectivity index (χ0n) is 11.0. The SMILES string of the molecule is Nc1cc(Cl)c(NC(=O)CN2CCCSCC2)c(Cl)c1. The lowest BCUT2D eigenvalue weighted by molar-refractivity contribution is -0.117. The molecule has 1 amide bonds. The molecule has 20 heavy (non-hydrogen) atoms. The minimum atomic E-state index is -0.106. The summed E-state index contributed by atoms with van der Waals surface area (Å²) in [4.78, 5) is 14.2. The average molecular weight is 334 g/mol. The number of benzene rings is 1. The molecule has 0 bridgehead atoms.